The number of nitrogen functional groups attached to an aromatic ring is 1. The Bertz CT molecular complexity index is 398. The van der Waals surface area contributed by atoms with E-state index in [1.54, 1.807) is 30.0 Å². The lowest BCUT2D eigenvalue weighted by atomic mass is 10.1. The fraction of sp³-hybridized carbons (Fsp3) is 0.417. The molecular weight excluding hydrogens is 256 g/mol. The van der Waals surface area contributed by atoms with Crippen molar-refractivity contribution in [2.75, 3.05) is 24.3 Å². The number of rotatable bonds is 5. The van der Waals surface area contributed by atoms with Gasteiger partial charge >= 0.3 is 0 Å². The van der Waals surface area contributed by atoms with E-state index >= 15 is 0 Å². The van der Waals surface area contributed by atoms with Crippen LogP contribution in [0.2, 0.25) is 5.02 Å². The summed E-state index contributed by atoms with van der Waals surface area (Å²) in [5.41, 5.74) is 6.60. The number of thioether (sulfide) groups is 1. The summed E-state index contributed by atoms with van der Waals surface area (Å²) in [6.07, 6.45) is 2.05. The Labute approximate surface area is 111 Å². The number of benzene rings is 1. The number of hydrogen-bond donors (Lipinski definition) is 2. The summed E-state index contributed by atoms with van der Waals surface area (Å²) in [5, 5.41) is 3.26. The molecule has 1 rings (SSSR count). The molecule has 1 amide bonds. The highest BCUT2D eigenvalue weighted by atomic mass is 35.5. The minimum absolute atomic E-state index is 0.150. The van der Waals surface area contributed by atoms with Gasteiger partial charge in [-0.05, 0) is 36.1 Å². The van der Waals surface area contributed by atoms with E-state index < -0.39 is 0 Å². The molecule has 1 atom stereocenters. The van der Waals surface area contributed by atoms with Gasteiger partial charge < -0.3 is 11.1 Å². The maximum absolute atomic E-state index is 11.8. The van der Waals surface area contributed by atoms with Crippen LogP contribution < -0.4 is 11.1 Å². The fourth-order valence-corrected chi connectivity index (χ4v) is 2.38. The Morgan fingerprint density at radius 3 is 2.88 bits per heavy atom. The third-order valence-corrected chi connectivity index (χ3v) is 3.52. The summed E-state index contributed by atoms with van der Waals surface area (Å²) in [6.45, 7) is 2.75. The van der Waals surface area contributed by atoms with Crippen molar-refractivity contribution < 1.29 is 4.79 Å². The van der Waals surface area contributed by atoms with Crippen LogP contribution in [0, 0.1) is 5.92 Å². The molecule has 0 fully saturated rings. The van der Waals surface area contributed by atoms with Crippen molar-refractivity contribution in [2.45, 2.75) is 6.92 Å². The minimum Gasteiger partial charge on any atom is -0.399 e. The molecule has 1 aromatic rings. The largest absolute Gasteiger partial charge is 0.399 e. The number of hydrogen-bond acceptors (Lipinski definition) is 3. The summed E-state index contributed by atoms with van der Waals surface area (Å²) >= 11 is 7.72. The van der Waals surface area contributed by atoms with Crippen molar-refractivity contribution >= 4 is 35.0 Å². The van der Waals surface area contributed by atoms with Gasteiger partial charge in [0.1, 0.15) is 0 Å². The van der Waals surface area contributed by atoms with Gasteiger partial charge in [0.2, 0.25) is 0 Å². The van der Waals surface area contributed by atoms with Gasteiger partial charge in [-0.1, -0.05) is 18.5 Å². The van der Waals surface area contributed by atoms with Crippen molar-refractivity contribution in [3.8, 4) is 0 Å². The van der Waals surface area contributed by atoms with Gasteiger partial charge in [0.05, 0.1) is 10.6 Å². The molecule has 0 radical (unpaired) electrons. The average molecular weight is 273 g/mol. The van der Waals surface area contributed by atoms with Crippen molar-refractivity contribution in [1.82, 2.24) is 5.32 Å². The molecule has 0 aliphatic rings. The van der Waals surface area contributed by atoms with Gasteiger partial charge in [-0.15, -0.1) is 0 Å². The van der Waals surface area contributed by atoms with E-state index in [0.29, 0.717) is 28.7 Å². The first-order valence-electron chi connectivity index (χ1n) is 5.36. The van der Waals surface area contributed by atoms with Crippen molar-refractivity contribution in [3.63, 3.8) is 0 Å². The first-order chi connectivity index (χ1) is 8.04. The lowest BCUT2D eigenvalue weighted by Gasteiger charge is -2.12. The van der Waals surface area contributed by atoms with Gasteiger partial charge in [-0.25, -0.2) is 0 Å². The number of halogens is 1. The molecule has 0 saturated heterocycles. The topological polar surface area (TPSA) is 55.1 Å². The SMILES string of the molecule is CSCC(C)CNC(=O)c1ccc(N)cc1Cl. The zero-order valence-corrected chi connectivity index (χ0v) is 11.6. The molecule has 0 heterocycles. The summed E-state index contributed by atoms with van der Waals surface area (Å²) < 4.78 is 0. The zero-order chi connectivity index (χ0) is 12.8. The molecule has 0 aliphatic carbocycles. The predicted octanol–water partition coefficient (Wildman–Crippen LogP) is 2.65. The smallest absolute Gasteiger partial charge is 0.252 e. The maximum atomic E-state index is 11.8. The number of carbonyl (C=O) groups excluding carboxylic acids is 1. The van der Waals surface area contributed by atoms with Crippen LogP contribution in [0.15, 0.2) is 18.2 Å². The Morgan fingerprint density at radius 1 is 1.59 bits per heavy atom. The molecule has 94 valence electrons. The highest BCUT2D eigenvalue weighted by molar-refractivity contribution is 7.98. The Balaban J connectivity index is 2.58. The lowest BCUT2D eigenvalue weighted by molar-refractivity contribution is 0.0949. The Morgan fingerprint density at radius 2 is 2.29 bits per heavy atom. The number of nitrogens with one attached hydrogen (secondary N) is 1. The van der Waals surface area contributed by atoms with Crippen LogP contribution in [0.3, 0.4) is 0 Å². The van der Waals surface area contributed by atoms with Crippen LogP contribution in [0.1, 0.15) is 17.3 Å². The number of carbonyl (C=O) groups is 1. The molecule has 17 heavy (non-hydrogen) atoms. The summed E-state index contributed by atoms with van der Waals surface area (Å²) in [5.74, 6) is 1.32. The van der Waals surface area contributed by atoms with Crippen LogP contribution in [0.4, 0.5) is 5.69 Å². The minimum atomic E-state index is -0.150. The van der Waals surface area contributed by atoms with E-state index in [1.165, 1.54) is 0 Å². The lowest BCUT2D eigenvalue weighted by Crippen LogP contribution is -2.29. The average Bonchev–Trinajstić information content (AvgIpc) is 2.26. The molecule has 0 aliphatic heterocycles. The van der Waals surface area contributed by atoms with E-state index in [-0.39, 0.29) is 5.91 Å². The molecule has 5 heteroatoms. The Hall–Kier alpha value is -0.870. The molecule has 3 N–H and O–H groups in total. The van der Waals surface area contributed by atoms with Gasteiger partial charge in [0.15, 0.2) is 0 Å². The highest BCUT2D eigenvalue weighted by Gasteiger charge is 2.11. The predicted molar refractivity (Wildman–Crippen MR) is 75.7 cm³/mol. The molecular formula is C12H17ClN2OS. The second-order valence-electron chi connectivity index (χ2n) is 4.01. The molecule has 0 aromatic heterocycles. The van der Waals surface area contributed by atoms with Crippen molar-refractivity contribution in [1.29, 1.82) is 0 Å². The van der Waals surface area contributed by atoms with Crippen molar-refractivity contribution in [3.05, 3.63) is 28.8 Å². The zero-order valence-electron chi connectivity index (χ0n) is 10.00. The van der Waals surface area contributed by atoms with Crippen LogP contribution in [-0.2, 0) is 0 Å². The van der Waals surface area contributed by atoms with E-state index in [0.717, 1.165) is 5.75 Å². The fourth-order valence-electron chi connectivity index (χ4n) is 1.42. The number of amides is 1. The normalized spacial score (nSPS) is 12.2. The third-order valence-electron chi connectivity index (χ3n) is 2.30. The van der Waals surface area contributed by atoms with Gasteiger partial charge in [-0.2, -0.15) is 11.8 Å². The van der Waals surface area contributed by atoms with Gasteiger partial charge in [0.25, 0.3) is 5.91 Å². The second-order valence-corrected chi connectivity index (χ2v) is 5.33. The standard InChI is InChI=1S/C12H17ClN2OS/c1-8(7-17-2)6-15-12(16)10-4-3-9(14)5-11(10)13/h3-5,8H,6-7,14H2,1-2H3,(H,15,16). The first kappa shape index (κ1) is 14.2. The summed E-state index contributed by atoms with van der Waals surface area (Å²) in [7, 11) is 0. The van der Waals surface area contributed by atoms with Gasteiger partial charge in [-0.3, -0.25) is 4.79 Å². The molecule has 0 spiro atoms. The van der Waals surface area contributed by atoms with E-state index in [9.17, 15) is 4.79 Å². The van der Waals surface area contributed by atoms with Crippen LogP contribution in [0.5, 0.6) is 0 Å². The monoisotopic (exact) mass is 272 g/mol. The number of anilines is 1. The molecule has 0 saturated carbocycles. The van der Waals surface area contributed by atoms with Crippen molar-refractivity contribution in [2.24, 2.45) is 5.92 Å². The summed E-state index contributed by atoms with van der Waals surface area (Å²) in [4.78, 5) is 11.8. The summed E-state index contributed by atoms with van der Waals surface area (Å²) in [6, 6.07) is 4.90. The molecule has 1 aromatic carbocycles. The Kier molecular flexibility index (Phi) is 5.65. The highest BCUT2D eigenvalue weighted by Crippen LogP contribution is 2.19. The van der Waals surface area contributed by atoms with Crippen LogP contribution >= 0.6 is 23.4 Å². The first-order valence-corrected chi connectivity index (χ1v) is 7.14. The number of nitrogens with two attached hydrogens (primary N) is 1. The molecule has 3 nitrogen and oxygen atoms in total. The molecule has 0 bridgehead atoms. The van der Waals surface area contributed by atoms with E-state index in [4.69, 9.17) is 17.3 Å². The van der Waals surface area contributed by atoms with E-state index in [2.05, 4.69) is 18.5 Å². The van der Waals surface area contributed by atoms with Crippen LogP contribution in [-0.4, -0.2) is 24.5 Å². The third kappa shape index (κ3) is 4.48. The maximum Gasteiger partial charge on any atom is 0.252 e. The van der Waals surface area contributed by atoms with Gasteiger partial charge in [0, 0.05) is 12.2 Å². The molecule has 1 unspecified atom stereocenters. The quantitative estimate of drug-likeness (QED) is 0.811. The van der Waals surface area contributed by atoms with Crippen LogP contribution in [0.25, 0.3) is 0 Å². The second kappa shape index (κ2) is 6.77. The van der Waals surface area contributed by atoms with E-state index in [1.807, 2.05) is 0 Å².